The lowest BCUT2D eigenvalue weighted by atomic mass is 10.1. The largest absolute Gasteiger partial charge is 0.481 e. The van der Waals surface area contributed by atoms with Crippen LogP contribution in [0.4, 0.5) is 5.69 Å². The monoisotopic (exact) mass is 270 g/mol. The van der Waals surface area contributed by atoms with E-state index in [2.05, 4.69) is 4.57 Å². The average Bonchev–Trinajstić information content (AvgIpc) is 2.92. The van der Waals surface area contributed by atoms with Crippen LogP contribution < -0.4 is 4.90 Å². The number of fused-ring (bicyclic) bond motifs is 3. The topological polar surface area (TPSA) is 62.5 Å². The molecule has 102 valence electrons. The van der Waals surface area contributed by atoms with Crippen LogP contribution in [0.1, 0.15) is 18.5 Å². The van der Waals surface area contributed by atoms with Crippen LogP contribution >= 0.6 is 0 Å². The van der Waals surface area contributed by atoms with E-state index in [1.54, 1.807) is 4.90 Å². The van der Waals surface area contributed by atoms with E-state index in [1.165, 1.54) is 0 Å². The normalized spacial score (nSPS) is 12.7. The van der Waals surface area contributed by atoms with Gasteiger partial charge in [-0.2, -0.15) is 0 Å². The average molecular weight is 270 g/mol. The smallest absolute Gasteiger partial charge is 0.303 e. The maximum Gasteiger partial charge on any atom is 0.303 e. The molecular formula is C15H14N2O3. The van der Waals surface area contributed by atoms with Gasteiger partial charge in [-0.25, -0.2) is 0 Å². The molecule has 2 heterocycles. The number of nitrogens with zero attached hydrogens (tertiary/aromatic N) is 2. The Hall–Kier alpha value is -2.56. The van der Waals surface area contributed by atoms with Crippen LogP contribution in [-0.2, 0) is 16.1 Å². The predicted octanol–water partition coefficient (Wildman–Crippen LogP) is 2.19. The molecule has 0 aliphatic carbocycles. The molecule has 0 spiro atoms. The number of para-hydroxylation sites is 2. The van der Waals surface area contributed by atoms with Crippen molar-refractivity contribution < 1.29 is 14.7 Å². The molecule has 5 nitrogen and oxygen atoms in total. The zero-order chi connectivity index (χ0) is 14.1. The highest BCUT2D eigenvalue weighted by Crippen LogP contribution is 2.32. The van der Waals surface area contributed by atoms with E-state index in [4.69, 9.17) is 5.11 Å². The van der Waals surface area contributed by atoms with Gasteiger partial charge < -0.3 is 14.6 Å². The molecule has 1 aliphatic heterocycles. The molecule has 0 saturated carbocycles. The molecule has 5 heteroatoms. The van der Waals surface area contributed by atoms with Crippen LogP contribution in [0.25, 0.3) is 5.69 Å². The van der Waals surface area contributed by atoms with E-state index in [-0.39, 0.29) is 18.7 Å². The summed E-state index contributed by atoms with van der Waals surface area (Å²) < 4.78 is 2.05. The van der Waals surface area contributed by atoms with Crippen molar-refractivity contribution in [3.8, 4) is 5.69 Å². The second-order valence-electron chi connectivity index (χ2n) is 4.73. The Kier molecular flexibility index (Phi) is 3.02. The van der Waals surface area contributed by atoms with Crippen molar-refractivity contribution in [2.75, 3.05) is 4.90 Å². The summed E-state index contributed by atoms with van der Waals surface area (Å²) in [4.78, 5) is 24.5. The van der Waals surface area contributed by atoms with Crippen molar-refractivity contribution in [1.29, 1.82) is 0 Å². The van der Waals surface area contributed by atoms with Crippen LogP contribution in [0.5, 0.6) is 0 Å². The van der Waals surface area contributed by atoms with Gasteiger partial charge in [-0.05, 0) is 24.3 Å². The number of carbonyl (C=O) groups is 2. The SMILES string of the molecule is O=C(O)CCC(=O)N1Cc2cccn2-c2ccccc21. The van der Waals surface area contributed by atoms with E-state index < -0.39 is 5.97 Å². The van der Waals surface area contributed by atoms with Gasteiger partial charge in [-0.15, -0.1) is 0 Å². The van der Waals surface area contributed by atoms with Crippen LogP contribution in [0.15, 0.2) is 42.6 Å². The fourth-order valence-electron chi connectivity index (χ4n) is 2.49. The van der Waals surface area contributed by atoms with Gasteiger partial charge in [0.1, 0.15) is 0 Å². The van der Waals surface area contributed by atoms with Crippen LogP contribution in [0, 0.1) is 0 Å². The maximum absolute atomic E-state index is 12.3. The van der Waals surface area contributed by atoms with Crippen LogP contribution in [-0.4, -0.2) is 21.6 Å². The van der Waals surface area contributed by atoms with E-state index >= 15 is 0 Å². The molecule has 0 fully saturated rings. The number of aliphatic carboxylic acids is 1. The zero-order valence-corrected chi connectivity index (χ0v) is 10.8. The summed E-state index contributed by atoms with van der Waals surface area (Å²) in [7, 11) is 0. The Bertz CT molecular complexity index is 675. The van der Waals surface area contributed by atoms with Gasteiger partial charge in [-0.1, -0.05) is 12.1 Å². The number of hydrogen-bond donors (Lipinski definition) is 1. The van der Waals surface area contributed by atoms with Crippen LogP contribution in [0.3, 0.4) is 0 Å². The lowest BCUT2D eigenvalue weighted by Crippen LogP contribution is -2.35. The summed E-state index contributed by atoms with van der Waals surface area (Å²) >= 11 is 0. The molecule has 0 atom stereocenters. The zero-order valence-electron chi connectivity index (χ0n) is 10.8. The van der Waals surface area contributed by atoms with Gasteiger partial charge in [-0.3, -0.25) is 9.59 Å². The molecule has 2 aromatic rings. The molecule has 0 saturated heterocycles. The molecule has 1 N–H and O–H groups in total. The Morgan fingerprint density at radius 1 is 1.05 bits per heavy atom. The molecule has 1 amide bonds. The molecule has 0 unspecified atom stereocenters. The van der Waals surface area contributed by atoms with E-state index in [9.17, 15) is 9.59 Å². The molecular weight excluding hydrogens is 256 g/mol. The number of rotatable bonds is 3. The minimum absolute atomic E-state index is 0.0182. The van der Waals surface area contributed by atoms with Crippen molar-refractivity contribution in [3.63, 3.8) is 0 Å². The van der Waals surface area contributed by atoms with Crippen LogP contribution in [0.2, 0.25) is 0 Å². The third-order valence-electron chi connectivity index (χ3n) is 3.44. The summed E-state index contributed by atoms with van der Waals surface area (Å²) in [5, 5.41) is 8.71. The fourth-order valence-corrected chi connectivity index (χ4v) is 2.49. The van der Waals surface area contributed by atoms with Gasteiger partial charge in [0.05, 0.1) is 24.3 Å². The lowest BCUT2D eigenvalue weighted by molar-refractivity contribution is -0.138. The first-order valence-corrected chi connectivity index (χ1v) is 6.44. The van der Waals surface area contributed by atoms with Crippen molar-refractivity contribution in [1.82, 2.24) is 4.57 Å². The van der Waals surface area contributed by atoms with E-state index in [0.717, 1.165) is 17.1 Å². The summed E-state index contributed by atoms with van der Waals surface area (Å²) in [5.74, 6) is -1.11. The number of aromatic nitrogens is 1. The fraction of sp³-hybridized carbons (Fsp3) is 0.200. The summed E-state index contributed by atoms with van der Waals surface area (Å²) in [5.41, 5.74) is 2.79. The van der Waals surface area contributed by atoms with E-state index in [0.29, 0.717) is 6.54 Å². The maximum atomic E-state index is 12.3. The molecule has 0 radical (unpaired) electrons. The number of amides is 1. The second-order valence-corrected chi connectivity index (χ2v) is 4.73. The lowest BCUT2D eigenvalue weighted by Gasteiger charge is -2.31. The van der Waals surface area contributed by atoms with Crippen molar-refractivity contribution in [3.05, 3.63) is 48.3 Å². The second kappa shape index (κ2) is 4.85. The summed E-state index contributed by atoms with van der Waals surface area (Å²) in [6.45, 7) is 0.475. The minimum atomic E-state index is -0.952. The molecule has 0 bridgehead atoms. The Morgan fingerprint density at radius 3 is 2.55 bits per heavy atom. The van der Waals surface area contributed by atoms with Gasteiger partial charge in [0, 0.05) is 18.3 Å². The standard InChI is InChI=1S/C15H14N2O3/c18-14(7-8-15(19)20)17-10-11-4-3-9-16(11)12-5-1-2-6-13(12)17/h1-6,9H,7-8,10H2,(H,19,20). The first-order chi connectivity index (χ1) is 9.66. The number of carboxylic acids is 1. The third-order valence-corrected chi connectivity index (χ3v) is 3.44. The molecule has 1 aromatic carbocycles. The number of carbonyl (C=O) groups excluding carboxylic acids is 1. The number of carboxylic acid groups (broad SMARTS) is 1. The number of anilines is 1. The predicted molar refractivity (Wildman–Crippen MR) is 73.8 cm³/mol. The summed E-state index contributed by atoms with van der Waals surface area (Å²) in [6, 6.07) is 11.6. The minimum Gasteiger partial charge on any atom is -0.481 e. The van der Waals surface area contributed by atoms with Gasteiger partial charge in [0.25, 0.3) is 0 Å². The number of benzene rings is 1. The molecule has 20 heavy (non-hydrogen) atoms. The van der Waals surface area contributed by atoms with E-state index in [1.807, 2.05) is 42.6 Å². The Balaban J connectivity index is 1.95. The Labute approximate surface area is 116 Å². The third kappa shape index (κ3) is 2.07. The highest BCUT2D eigenvalue weighted by atomic mass is 16.4. The first kappa shape index (κ1) is 12.5. The highest BCUT2D eigenvalue weighted by molar-refractivity contribution is 5.97. The van der Waals surface area contributed by atoms with Crippen molar-refractivity contribution in [2.45, 2.75) is 19.4 Å². The molecule has 1 aromatic heterocycles. The first-order valence-electron chi connectivity index (χ1n) is 6.44. The molecule has 1 aliphatic rings. The van der Waals surface area contributed by atoms with Crippen molar-refractivity contribution in [2.24, 2.45) is 0 Å². The van der Waals surface area contributed by atoms with Gasteiger partial charge in [0.15, 0.2) is 0 Å². The highest BCUT2D eigenvalue weighted by Gasteiger charge is 2.25. The Morgan fingerprint density at radius 2 is 1.80 bits per heavy atom. The summed E-state index contributed by atoms with van der Waals surface area (Å²) in [6.07, 6.45) is 1.84. The van der Waals surface area contributed by atoms with Gasteiger partial charge >= 0.3 is 5.97 Å². The van der Waals surface area contributed by atoms with Gasteiger partial charge in [0.2, 0.25) is 5.91 Å². The molecule has 3 rings (SSSR count). The number of hydrogen-bond acceptors (Lipinski definition) is 2. The van der Waals surface area contributed by atoms with Crippen molar-refractivity contribution >= 4 is 17.6 Å². The quantitative estimate of drug-likeness (QED) is 0.929.